The molecule has 1 unspecified atom stereocenters. The molecule has 0 saturated carbocycles. The highest BCUT2D eigenvalue weighted by Gasteiger charge is 2.30. The molecule has 0 aliphatic rings. The molecule has 0 spiro atoms. The first-order chi connectivity index (χ1) is 14.7. The van der Waals surface area contributed by atoms with Gasteiger partial charge >= 0.3 is 0 Å². The predicted octanol–water partition coefficient (Wildman–Crippen LogP) is 1.63. The summed E-state index contributed by atoms with van der Waals surface area (Å²) in [4.78, 5) is 37.5. The number of aliphatic hydroxyl groups excluding tert-OH is 1. The zero-order chi connectivity index (χ0) is 23.8. The lowest BCUT2D eigenvalue weighted by atomic mass is 9.96. The number of unbranched alkanes of at least 4 members (excludes halogenated alkanes) is 5. The number of rotatable bonds is 18. The van der Waals surface area contributed by atoms with Crippen LogP contribution >= 0.6 is 0 Å². The van der Waals surface area contributed by atoms with E-state index in [1.807, 2.05) is 0 Å². The Morgan fingerprint density at radius 3 is 2.03 bits per heavy atom. The van der Waals surface area contributed by atoms with Crippen LogP contribution in [0.5, 0.6) is 0 Å². The van der Waals surface area contributed by atoms with E-state index in [0.29, 0.717) is 13.0 Å². The van der Waals surface area contributed by atoms with Gasteiger partial charge in [0.15, 0.2) is 5.78 Å². The van der Waals surface area contributed by atoms with Gasteiger partial charge in [0.1, 0.15) is 6.04 Å². The monoisotopic (exact) mass is 442 g/mol. The van der Waals surface area contributed by atoms with E-state index in [1.54, 1.807) is 13.8 Å². The van der Waals surface area contributed by atoms with Gasteiger partial charge in [-0.2, -0.15) is 0 Å². The number of nitrogens with two attached hydrogens (primary N) is 2. The van der Waals surface area contributed by atoms with Gasteiger partial charge in [0.25, 0.3) is 0 Å². The fraction of sp³-hybridized carbons (Fsp3) is 0.870. The quantitative estimate of drug-likeness (QED) is 0.204. The fourth-order valence-electron chi connectivity index (χ4n) is 3.53. The molecule has 0 aliphatic heterocycles. The summed E-state index contributed by atoms with van der Waals surface area (Å²) in [6.07, 6.45) is 7.31. The molecule has 0 radical (unpaired) electrons. The smallest absolute Gasteiger partial charge is 0.245 e. The van der Waals surface area contributed by atoms with Gasteiger partial charge < -0.3 is 27.2 Å². The number of hydrogen-bond donors (Lipinski definition) is 5. The van der Waals surface area contributed by atoms with Gasteiger partial charge in [-0.15, -0.1) is 0 Å². The second-order valence-electron chi connectivity index (χ2n) is 8.84. The Morgan fingerprint density at radius 2 is 1.52 bits per heavy atom. The van der Waals surface area contributed by atoms with E-state index < -0.39 is 24.1 Å². The molecule has 8 heteroatoms. The lowest BCUT2D eigenvalue weighted by molar-refractivity contribution is -0.134. The van der Waals surface area contributed by atoms with Gasteiger partial charge in [0.2, 0.25) is 11.8 Å². The van der Waals surface area contributed by atoms with E-state index >= 15 is 0 Å². The van der Waals surface area contributed by atoms with Crippen molar-refractivity contribution < 1.29 is 19.5 Å². The van der Waals surface area contributed by atoms with Crippen LogP contribution < -0.4 is 22.1 Å². The summed E-state index contributed by atoms with van der Waals surface area (Å²) < 4.78 is 0. The molecule has 0 saturated heterocycles. The van der Waals surface area contributed by atoms with E-state index in [1.165, 1.54) is 32.6 Å². The highest BCUT2D eigenvalue weighted by atomic mass is 16.3. The summed E-state index contributed by atoms with van der Waals surface area (Å²) in [7, 11) is 0. The molecule has 7 N–H and O–H groups in total. The van der Waals surface area contributed by atoms with Gasteiger partial charge in [0.05, 0.1) is 12.1 Å². The van der Waals surface area contributed by atoms with Crippen molar-refractivity contribution in [2.75, 3.05) is 13.1 Å². The van der Waals surface area contributed by atoms with Gasteiger partial charge in [-0.25, -0.2) is 0 Å². The summed E-state index contributed by atoms with van der Waals surface area (Å²) in [6.45, 7) is 7.76. The van der Waals surface area contributed by atoms with E-state index in [2.05, 4.69) is 17.6 Å². The third-order valence-corrected chi connectivity index (χ3v) is 5.54. The molecule has 0 heterocycles. The van der Waals surface area contributed by atoms with E-state index in [0.717, 1.165) is 19.3 Å². The molecule has 0 rings (SSSR count). The average molecular weight is 443 g/mol. The number of hydrogen-bond acceptors (Lipinski definition) is 6. The summed E-state index contributed by atoms with van der Waals surface area (Å²) in [5, 5.41) is 15.3. The number of carbonyl (C=O) groups excluding carboxylic acids is 3. The van der Waals surface area contributed by atoms with Gasteiger partial charge in [-0.3, -0.25) is 14.4 Å². The molecule has 8 nitrogen and oxygen atoms in total. The van der Waals surface area contributed by atoms with Crippen molar-refractivity contribution in [1.29, 1.82) is 0 Å². The first-order valence-corrected chi connectivity index (χ1v) is 11.9. The molecule has 0 aliphatic carbocycles. The lowest BCUT2D eigenvalue weighted by Gasteiger charge is -2.25. The maximum absolute atomic E-state index is 12.7. The van der Waals surface area contributed by atoms with Crippen molar-refractivity contribution >= 4 is 17.6 Å². The van der Waals surface area contributed by atoms with Crippen molar-refractivity contribution in [3.05, 3.63) is 0 Å². The first-order valence-electron chi connectivity index (χ1n) is 11.9. The van der Waals surface area contributed by atoms with Gasteiger partial charge in [0, 0.05) is 12.3 Å². The van der Waals surface area contributed by atoms with Crippen molar-refractivity contribution in [3.63, 3.8) is 0 Å². The molecule has 2 amide bonds. The van der Waals surface area contributed by atoms with Crippen LogP contribution in [-0.4, -0.2) is 54.0 Å². The van der Waals surface area contributed by atoms with Crippen LogP contribution in [0.25, 0.3) is 0 Å². The zero-order valence-electron chi connectivity index (χ0n) is 20.0. The molecule has 0 aromatic rings. The van der Waals surface area contributed by atoms with Crippen molar-refractivity contribution in [2.24, 2.45) is 23.3 Å². The van der Waals surface area contributed by atoms with Crippen LogP contribution in [0.15, 0.2) is 0 Å². The van der Waals surface area contributed by atoms with Crippen LogP contribution in [0.3, 0.4) is 0 Å². The van der Waals surface area contributed by atoms with Crippen molar-refractivity contribution in [1.82, 2.24) is 10.6 Å². The highest BCUT2D eigenvalue weighted by molar-refractivity contribution is 5.93. The Labute approximate surface area is 188 Å². The molecular weight excluding hydrogens is 396 g/mol. The minimum absolute atomic E-state index is 0.0383. The van der Waals surface area contributed by atoms with Crippen molar-refractivity contribution in [2.45, 2.75) is 104 Å². The summed E-state index contributed by atoms with van der Waals surface area (Å²) >= 11 is 0. The maximum Gasteiger partial charge on any atom is 0.245 e. The molecular formula is C23H46N4O4. The molecule has 31 heavy (non-hydrogen) atoms. The second-order valence-corrected chi connectivity index (χ2v) is 8.84. The van der Waals surface area contributed by atoms with Crippen LogP contribution in [0.4, 0.5) is 0 Å². The third-order valence-electron chi connectivity index (χ3n) is 5.54. The average Bonchev–Trinajstić information content (AvgIpc) is 2.72. The molecule has 182 valence electrons. The minimum atomic E-state index is -1.14. The number of aliphatic hydroxyl groups is 1. The highest BCUT2D eigenvalue weighted by Crippen LogP contribution is 2.15. The van der Waals surface area contributed by atoms with E-state index in [-0.39, 0.29) is 36.5 Å². The normalized spacial score (nSPS) is 15.2. The topological polar surface area (TPSA) is 148 Å². The van der Waals surface area contributed by atoms with E-state index in [9.17, 15) is 19.5 Å². The third kappa shape index (κ3) is 12.8. The van der Waals surface area contributed by atoms with Crippen LogP contribution in [0.1, 0.15) is 85.5 Å². The van der Waals surface area contributed by atoms with Crippen LogP contribution in [-0.2, 0) is 14.4 Å². The number of amides is 2. The number of carbonyl (C=O) groups is 3. The molecule has 0 aromatic heterocycles. The Morgan fingerprint density at radius 1 is 0.903 bits per heavy atom. The van der Waals surface area contributed by atoms with Gasteiger partial charge in [-0.05, 0) is 38.8 Å². The van der Waals surface area contributed by atoms with E-state index in [4.69, 9.17) is 11.5 Å². The Bertz CT molecular complexity index is 526. The van der Waals surface area contributed by atoms with Gasteiger partial charge in [-0.1, -0.05) is 59.3 Å². The number of nitrogens with one attached hydrogen (secondary N) is 2. The lowest BCUT2D eigenvalue weighted by Crippen LogP contribution is -2.56. The Kier molecular flexibility index (Phi) is 16.3. The molecule has 0 bridgehead atoms. The summed E-state index contributed by atoms with van der Waals surface area (Å²) in [5.74, 6) is -1.26. The maximum atomic E-state index is 12.7. The predicted molar refractivity (Wildman–Crippen MR) is 124 cm³/mol. The minimum Gasteiger partial charge on any atom is -0.391 e. The molecule has 0 aromatic carbocycles. The summed E-state index contributed by atoms with van der Waals surface area (Å²) in [5.41, 5.74) is 11.4. The second kappa shape index (κ2) is 17.1. The standard InChI is InChI=1S/C23H46N4O4/c1-5-6-7-8-9-10-11-18(15-25)14-20(29)27-21(17(4)28)23(31)26-19(12-13-24)22(30)16(2)3/h16-19,21,28H,5-15,24-25H2,1-4H3,(H,26,31)(H,27,29)/t17-,18?,19-,21-/m0/s1. The Balaban J connectivity index is 4.75. The molecule has 4 atom stereocenters. The number of ketones is 1. The first kappa shape index (κ1) is 29.5. The largest absolute Gasteiger partial charge is 0.391 e. The zero-order valence-corrected chi connectivity index (χ0v) is 20.0. The van der Waals surface area contributed by atoms with Crippen LogP contribution in [0.2, 0.25) is 0 Å². The fourth-order valence-corrected chi connectivity index (χ4v) is 3.53. The summed E-state index contributed by atoms with van der Waals surface area (Å²) in [6, 6.07) is -1.87. The number of Topliss-reactive ketones (excluding diaryl/α,β-unsaturated/α-hetero) is 1. The van der Waals surface area contributed by atoms with Crippen molar-refractivity contribution in [3.8, 4) is 0 Å². The molecule has 0 fully saturated rings. The van der Waals surface area contributed by atoms with Crippen LogP contribution in [0, 0.1) is 11.8 Å². The Hall–Kier alpha value is -1.51. The SMILES string of the molecule is CCCCCCCCC(CN)CC(=O)N[C@H](C(=O)N[C@@H](CCN)C(=O)C(C)C)[C@H](C)O.